The van der Waals surface area contributed by atoms with Crippen LogP contribution in [0, 0.1) is 0 Å². The highest BCUT2D eigenvalue weighted by molar-refractivity contribution is 9.10. The van der Waals surface area contributed by atoms with Gasteiger partial charge >= 0.3 is 0 Å². The van der Waals surface area contributed by atoms with Gasteiger partial charge in [0, 0.05) is 36.2 Å². The minimum absolute atomic E-state index is 0.0526. The highest BCUT2D eigenvalue weighted by atomic mass is 79.9. The van der Waals surface area contributed by atoms with E-state index >= 15 is 0 Å². The van der Waals surface area contributed by atoms with Crippen molar-refractivity contribution in [2.75, 3.05) is 13.1 Å². The van der Waals surface area contributed by atoms with Gasteiger partial charge in [0.1, 0.15) is 5.69 Å². The van der Waals surface area contributed by atoms with Crippen molar-refractivity contribution in [1.82, 2.24) is 15.2 Å². The van der Waals surface area contributed by atoms with Gasteiger partial charge in [-0.3, -0.25) is 9.59 Å². The lowest BCUT2D eigenvalue weighted by atomic mass is 10.3. The van der Waals surface area contributed by atoms with Gasteiger partial charge < -0.3 is 15.2 Å². The molecule has 1 aromatic rings. The third kappa shape index (κ3) is 4.70. The van der Waals surface area contributed by atoms with Crippen LogP contribution in [0.4, 0.5) is 0 Å². The first-order valence-electron chi connectivity index (χ1n) is 6.38. The van der Waals surface area contributed by atoms with E-state index < -0.39 is 0 Å². The van der Waals surface area contributed by atoms with Crippen LogP contribution in [0.3, 0.4) is 0 Å². The van der Waals surface area contributed by atoms with Crippen molar-refractivity contribution < 1.29 is 9.59 Å². The van der Waals surface area contributed by atoms with E-state index in [1.54, 1.807) is 6.07 Å². The van der Waals surface area contributed by atoms with Crippen molar-refractivity contribution in [2.24, 2.45) is 0 Å². The number of carbonyl (C=O) groups excluding carboxylic acids is 2. The summed E-state index contributed by atoms with van der Waals surface area (Å²) in [5, 5.41) is 5.45. The van der Waals surface area contributed by atoms with Gasteiger partial charge in [0.2, 0.25) is 5.91 Å². The van der Waals surface area contributed by atoms with E-state index in [1.165, 1.54) is 0 Å². The molecule has 0 saturated heterocycles. The van der Waals surface area contributed by atoms with Crippen LogP contribution in [-0.2, 0) is 4.79 Å². The van der Waals surface area contributed by atoms with Crippen molar-refractivity contribution >= 4 is 27.7 Å². The quantitative estimate of drug-likeness (QED) is 0.839. The van der Waals surface area contributed by atoms with E-state index in [0.29, 0.717) is 25.2 Å². The Morgan fingerprint density at radius 2 is 2.05 bits per heavy atom. The minimum Gasteiger partial charge on any atom is -0.356 e. The van der Waals surface area contributed by atoms with Gasteiger partial charge in [-0.25, -0.2) is 0 Å². The largest absolute Gasteiger partial charge is 0.356 e. The summed E-state index contributed by atoms with van der Waals surface area (Å²) in [5.74, 6) is -0.216. The molecule has 6 heteroatoms. The highest BCUT2D eigenvalue weighted by Gasteiger charge is 2.14. The van der Waals surface area contributed by atoms with E-state index in [2.05, 4.69) is 26.6 Å². The Morgan fingerprint density at radius 1 is 1.37 bits per heavy atom. The number of hydrogen-bond donors (Lipinski definition) is 2. The van der Waals surface area contributed by atoms with E-state index in [4.69, 9.17) is 0 Å². The van der Waals surface area contributed by atoms with Crippen LogP contribution in [0.1, 0.15) is 43.7 Å². The second kappa shape index (κ2) is 7.33. The number of halogens is 1. The summed E-state index contributed by atoms with van der Waals surface area (Å²) in [5.41, 5.74) is 0.595. The number of carbonyl (C=O) groups is 2. The monoisotopic (exact) mass is 329 g/mol. The Kier molecular flexibility index (Phi) is 6.08. The molecule has 5 nitrogen and oxygen atoms in total. The molecule has 0 saturated carbocycles. The fourth-order valence-electron chi connectivity index (χ4n) is 1.72. The molecule has 0 aromatic carbocycles. The first-order valence-corrected chi connectivity index (χ1v) is 7.17. The van der Waals surface area contributed by atoms with Crippen LogP contribution in [0.25, 0.3) is 0 Å². The molecule has 0 fully saturated rings. The highest BCUT2D eigenvalue weighted by Crippen LogP contribution is 2.19. The van der Waals surface area contributed by atoms with Crippen LogP contribution in [0.2, 0.25) is 0 Å². The third-order valence-corrected chi connectivity index (χ3v) is 3.05. The fraction of sp³-hybridized carbons (Fsp3) is 0.538. The molecule has 1 rings (SSSR count). The van der Waals surface area contributed by atoms with Gasteiger partial charge in [0.05, 0.1) is 0 Å². The molecule has 0 aliphatic rings. The van der Waals surface area contributed by atoms with E-state index in [9.17, 15) is 9.59 Å². The number of aromatic nitrogens is 1. The molecule has 1 heterocycles. The van der Waals surface area contributed by atoms with Gasteiger partial charge in [0.25, 0.3) is 5.91 Å². The normalized spacial score (nSPS) is 10.6. The SMILES string of the molecule is CCNC(=O)CCNC(=O)c1cc(Br)cn1C(C)C. The maximum Gasteiger partial charge on any atom is 0.267 e. The number of rotatable bonds is 6. The van der Waals surface area contributed by atoms with E-state index in [-0.39, 0.29) is 17.9 Å². The number of nitrogens with zero attached hydrogens (tertiary/aromatic N) is 1. The van der Waals surface area contributed by atoms with Crippen molar-refractivity contribution in [3.63, 3.8) is 0 Å². The molecular weight excluding hydrogens is 310 g/mol. The second-order valence-electron chi connectivity index (χ2n) is 4.50. The molecule has 0 aliphatic carbocycles. The second-order valence-corrected chi connectivity index (χ2v) is 5.42. The lowest BCUT2D eigenvalue weighted by Gasteiger charge is -2.12. The lowest BCUT2D eigenvalue weighted by molar-refractivity contribution is -0.120. The molecule has 0 bridgehead atoms. The zero-order valence-electron chi connectivity index (χ0n) is 11.5. The molecular formula is C13H20BrN3O2. The van der Waals surface area contributed by atoms with Crippen LogP contribution in [-0.4, -0.2) is 29.5 Å². The summed E-state index contributed by atoms with van der Waals surface area (Å²) in [6.45, 7) is 6.83. The predicted octanol–water partition coefficient (Wildman–Crippen LogP) is 2.09. The molecule has 0 spiro atoms. The minimum atomic E-state index is -0.163. The molecule has 106 valence electrons. The Morgan fingerprint density at radius 3 is 2.63 bits per heavy atom. The van der Waals surface area contributed by atoms with Crippen molar-refractivity contribution in [3.05, 3.63) is 22.4 Å². The van der Waals surface area contributed by atoms with Crippen molar-refractivity contribution in [1.29, 1.82) is 0 Å². The van der Waals surface area contributed by atoms with Gasteiger partial charge in [-0.2, -0.15) is 0 Å². The topological polar surface area (TPSA) is 63.1 Å². The van der Waals surface area contributed by atoms with Crippen molar-refractivity contribution in [2.45, 2.75) is 33.2 Å². The van der Waals surface area contributed by atoms with Crippen molar-refractivity contribution in [3.8, 4) is 0 Å². The van der Waals surface area contributed by atoms with Gasteiger partial charge in [-0.15, -0.1) is 0 Å². The maximum atomic E-state index is 12.0. The van der Waals surface area contributed by atoms with Crippen LogP contribution >= 0.6 is 15.9 Å². The maximum absolute atomic E-state index is 12.0. The molecule has 0 aliphatic heterocycles. The molecule has 1 aromatic heterocycles. The Bertz CT molecular complexity index is 455. The average molecular weight is 330 g/mol. The zero-order chi connectivity index (χ0) is 14.4. The van der Waals surface area contributed by atoms with Gasteiger partial charge in [-0.1, -0.05) is 0 Å². The molecule has 0 radical (unpaired) electrons. The Hall–Kier alpha value is -1.30. The summed E-state index contributed by atoms with van der Waals surface area (Å²) < 4.78 is 2.76. The fourth-order valence-corrected chi connectivity index (χ4v) is 2.16. The smallest absolute Gasteiger partial charge is 0.267 e. The van der Waals surface area contributed by atoms with Gasteiger partial charge in [0.15, 0.2) is 0 Å². The third-order valence-electron chi connectivity index (χ3n) is 2.62. The summed E-state index contributed by atoms with van der Waals surface area (Å²) in [4.78, 5) is 23.3. The number of hydrogen-bond acceptors (Lipinski definition) is 2. The summed E-state index contributed by atoms with van der Waals surface area (Å²) in [6.07, 6.45) is 2.17. The lowest BCUT2D eigenvalue weighted by Crippen LogP contribution is -2.31. The van der Waals surface area contributed by atoms with Crippen LogP contribution in [0.5, 0.6) is 0 Å². The van der Waals surface area contributed by atoms with Crippen LogP contribution < -0.4 is 10.6 Å². The molecule has 2 N–H and O–H groups in total. The van der Waals surface area contributed by atoms with Crippen LogP contribution in [0.15, 0.2) is 16.7 Å². The first kappa shape index (κ1) is 15.8. The molecule has 2 amide bonds. The predicted molar refractivity (Wildman–Crippen MR) is 78.2 cm³/mol. The standard InChI is InChI=1S/C13H20BrN3O2/c1-4-15-12(18)5-6-16-13(19)11-7-10(14)8-17(11)9(2)3/h7-9H,4-6H2,1-3H3,(H,15,18)(H,16,19). The first-order chi connectivity index (χ1) is 8.95. The summed E-state index contributed by atoms with van der Waals surface area (Å²) >= 11 is 3.37. The Balaban J connectivity index is 2.56. The summed E-state index contributed by atoms with van der Waals surface area (Å²) in [7, 11) is 0. The number of amides is 2. The zero-order valence-corrected chi connectivity index (χ0v) is 13.1. The van der Waals surface area contributed by atoms with E-state index in [0.717, 1.165) is 4.47 Å². The molecule has 19 heavy (non-hydrogen) atoms. The average Bonchev–Trinajstić information content (AvgIpc) is 2.72. The molecule has 0 atom stereocenters. The Labute approximate surface area is 121 Å². The summed E-state index contributed by atoms with van der Waals surface area (Å²) in [6, 6.07) is 1.98. The number of nitrogens with one attached hydrogen (secondary N) is 2. The van der Waals surface area contributed by atoms with Gasteiger partial charge in [-0.05, 0) is 42.8 Å². The van der Waals surface area contributed by atoms with E-state index in [1.807, 2.05) is 31.5 Å². The molecule has 0 unspecified atom stereocenters.